The Morgan fingerprint density at radius 2 is 0.541 bits per heavy atom. The molecule has 0 bridgehead atoms. The van der Waals surface area contributed by atoms with E-state index in [4.69, 9.17) is 14.2 Å². The Morgan fingerprint density at radius 1 is 0.311 bits per heavy atom. The molecule has 0 amide bonds. The van der Waals surface area contributed by atoms with Crippen molar-refractivity contribution in [3.63, 3.8) is 0 Å². The number of hydrogen-bond acceptors (Lipinski definition) is 6. The molecule has 0 spiro atoms. The van der Waals surface area contributed by atoms with Gasteiger partial charge in [-0.2, -0.15) is 0 Å². The van der Waals surface area contributed by atoms with Crippen molar-refractivity contribution in [1.29, 1.82) is 0 Å². The molecule has 0 aliphatic carbocycles. The maximum Gasteiger partial charge on any atom is 0.306 e. The number of rotatable bonds is 49. The van der Waals surface area contributed by atoms with Gasteiger partial charge in [0.05, 0.1) is 0 Å². The van der Waals surface area contributed by atoms with Crippen LogP contribution in [0.2, 0.25) is 0 Å². The normalized spacial score (nSPS) is 12.0. The van der Waals surface area contributed by atoms with Crippen molar-refractivity contribution in [3.05, 3.63) is 0 Å². The van der Waals surface area contributed by atoms with E-state index < -0.39 is 6.10 Å². The molecule has 0 radical (unpaired) electrons. The van der Waals surface area contributed by atoms with Crippen molar-refractivity contribution >= 4 is 17.9 Å². The van der Waals surface area contributed by atoms with Gasteiger partial charge in [-0.1, -0.05) is 266 Å². The lowest BCUT2D eigenvalue weighted by Gasteiger charge is -2.18. The summed E-state index contributed by atoms with van der Waals surface area (Å²) in [7, 11) is 0. The molecule has 0 aliphatic heterocycles. The van der Waals surface area contributed by atoms with Crippen LogP contribution in [0.5, 0.6) is 0 Å². The van der Waals surface area contributed by atoms with E-state index >= 15 is 0 Å². The SMILES string of the molecule is CCCCCCCCCCCCCCC(=O)OC[C@@H](COC(=O)CCCCCCCCCCCCCCCCC(C)C)OC(=O)CCCCCCCCCCCCCC(C)C. The van der Waals surface area contributed by atoms with Gasteiger partial charge in [-0.25, -0.2) is 0 Å². The van der Waals surface area contributed by atoms with Gasteiger partial charge in [0.15, 0.2) is 6.10 Å². The fraction of sp³-hybridized carbons (Fsp3) is 0.945. The summed E-state index contributed by atoms with van der Waals surface area (Å²) in [5, 5.41) is 0. The van der Waals surface area contributed by atoms with E-state index in [0.29, 0.717) is 19.3 Å². The average molecular weight is 863 g/mol. The van der Waals surface area contributed by atoms with Crippen molar-refractivity contribution in [1.82, 2.24) is 0 Å². The fourth-order valence-corrected chi connectivity index (χ4v) is 8.34. The third-order valence-electron chi connectivity index (χ3n) is 12.5. The molecule has 1 atom stereocenters. The zero-order chi connectivity index (χ0) is 44.7. The van der Waals surface area contributed by atoms with Crippen molar-refractivity contribution in [2.24, 2.45) is 11.8 Å². The minimum atomic E-state index is -0.762. The Morgan fingerprint density at radius 3 is 0.803 bits per heavy atom. The molecule has 0 unspecified atom stereocenters. The molecule has 0 heterocycles. The van der Waals surface area contributed by atoms with Gasteiger partial charge in [-0.3, -0.25) is 14.4 Å². The molecule has 0 rings (SSSR count). The Balaban J connectivity index is 4.29. The van der Waals surface area contributed by atoms with Crippen LogP contribution in [0.15, 0.2) is 0 Å². The van der Waals surface area contributed by atoms with Crippen molar-refractivity contribution in [3.8, 4) is 0 Å². The predicted molar refractivity (Wildman–Crippen MR) is 261 cm³/mol. The highest BCUT2D eigenvalue weighted by atomic mass is 16.6. The van der Waals surface area contributed by atoms with Gasteiger partial charge >= 0.3 is 17.9 Å². The molecule has 0 fully saturated rings. The van der Waals surface area contributed by atoms with Crippen LogP contribution in [0.25, 0.3) is 0 Å². The Bertz CT molecular complexity index is 931. The van der Waals surface area contributed by atoms with Crippen LogP contribution in [-0.4, -0.2) is 37.2 Å². The summed E-state index contributed by atoms with van der Waals surface area (Å²) in [4.78, 5) is 38.0. The summed E-state index contributed by atoms with van der Waals surface area (Å²) in [6.45, 7) is 11.4. The first-order valence-corrected chi connectivity index (χ1v) is 27.2. The summed E-state index contributed by atoms with van der Waals surface area (Å²) < 4.78 is 16.8. The highest BCUT2D eigenvalue weighted by molar-refractivity contribution is 5.71. The third kappa shape index (κ3) is 49.3. The quantitative estimate of drug-likeness (QED) is 0.0344. The first-order valence-electron chi connectivity index (χ1n) is 27.2. The van der Waals surface area contributed by atoms with E-state index in [9.17, 15) is 14.4 Å². The topological polar surface area (TPSA) is 78.9 Å². The molecule has 6 nitrogen and oxygen atoms in total. The second-order valence-corrected chi connectivity index (χ2v) is 19.8. The Kier molecular flexibility index (Phi) is 46.6. The third-order valence-corrected chi connectivity index (χ3v) is 12.5. The summed E-state index contributed by atoms with van der Waals surface area (Å²) in [5.74, 6) is 0.826. The largest absolute Gasteiger partial charge is 0.462 e. The van der Waals surface area contributed by atoms with Gasteiger partial charge in [0.25, 0.3) is 0 Å². The maximum absolute atomic E-state index is 12.8. The van der Waals surface area contributed by atoms with Crippen molar-refractivity contribution in [2.45, 2.75) is 310 Å². The molecular weight excluding hydrogens is 757 g/mol. The number of carbonyl (C=O) groups excluding carboxylic acids is 3. The van der Waals surface area contributed by atoms with E-state index in [2.05, 4.69) is 34.6 Å². The second kappa shape index (κ2) is 47.9. The summed E-state index contributed by atoms with van der Waals surface area (Å²) in [6, 6.07) is 0. The van der Waals surface area contributed by atoms with E-state index in [0.717, 1.165) is 69.6 Å². The van der Waals surface area contributed by atoms with Crippen LogP contribution in [0.1, 0.15) is 304 Å². The van der Waals surface area contributed by atoms with Crippen LogP contribution in [0.4, 0.5) is 0 Å². The zero-order valence-electron chi connectivity index (χ0n) is 41.8. The van der Waals surface area contributed by atoms with Gasteiger partial charge in [0, 0.05) is 19.3 Å². The maximum atomic E-state index is 12.8. The van der Waals surface area contributed by atoms with Crippen molar-refractivity contribution < 1.29 is 28.6 Å². The van der Waals surface area contributed by atoms with Crippen LogP contribution in [0, 0.1) is 11.8 Å². The monoisotopic (exact) mass is 863 g/mol. The van der Waals surface area contributed by atoms with Gasteiger partial charge in [0.2, 0.25) is 0 Å². The predicted octanol–water partition coefficient (Wildman–Crippen LogP) is 17.7. The lowest BCUT2D eigenvalue weighted by molar-refractivity contribution is -0.167. The van der Waals surface area contributed by atoms with Gasteiger partial charge in [-0.15, -0.1) is 0 Å². The lowest BCUT2D eigenvalue weighted by atomic mass is 10.0. The van der Waals surface area contributed by atoms with Gasteiger partial charge < -0.3 is 14.2 Å². The minimum Gasteiger partial charge on any atom is -0.462 e. The van der Waals surface area contributed by atoms with Crippen LogP contribution >= 0.6 is 0 Å². The highest BCUT2D eigenvalue weighted by Gasteiger charge is 2.19. The zero-order valence-corrected chi connectivity index (χ0v) is 41.8. The number of carbonyl (C=O) groups is 3. The minimum absolute atomic E-state index is 0.0632. The fourth-order valence-electron chi connectivity index (χ4n) is 8.34. The molecule has 0 aromatic heterocycles. The number of hydrogen-bond donors (Lipinski definition) is 0. The number of unbranched alkanes of at least 4 members (excludes halogenated alkanes) is 34. The summed E-state index contributed by atoms with van der Waals surface area (Å²) in [5.41, 5.74) is 0. The molecule has 0 saturated heterocycles. The Hall–Kier alpha value is -1.59. The second-order valence-electron chi connectivity index (χ2n) is 19.8. The van der Waals surface area contributed by atoms with E-state index in [1.165, 1.54) is 193 Å². The molecule has 0 aromatic carbocycles. The molecule has 362 valence electrons. The molecule has 0 N–H and O–H groups in total. The Labute approximate surface area is 380 Å². The molecule has 0 aliphatic rings. The molecular formula is C55H106O6. The first kappa shape index (κ1) is 59.4. The molecule has 0 saturated carbocycles. The standard InChI is InChI=1S/C55H106O6/c1-6-7-8-9-10-11-12-20-25-30-35-40-45-53(56)59-48-52(61-55(58)47-42-37-32-27-22-17-19-24-29-34-39-44-51(4)5)49-60-54(57)46-41-36-31-26-21-16-14-13-15-18-23-28-33-38-43-50(2)3/h50-52H,6-49H2,1-5H3/t52-/m0/s1. The molecule has 6 heteroatoms. The van der Waals surface area contributed by atoms with E-state index in [1.54, 1.807) is 0 Å². The van der Waals surface area contributed by atoms with Gasteiger partial charge in [-0.05, 0) is 31.1 Å². The summed E-state index contributed by atoms with van der Waals surface area (Å²) in [6.07, 6.45) is 49.4. The molecule has 61 heavy (non-hydrogen) atoms. The van der Waals surface area contributed by atoms with E-state index in [1.807, 2.05) is 0 Å². The average Bonchev–Trinajstić information content (AvgIpc) is 3.23. The van der Waals surface area contributed by atoms with Crippen LogP contribution in [-0.2, 0) is 28.6 Å². The summed E-state index contributed by atoms with van der Waals surface area (Å²) >= 11 is 0. The smallest absolute Gasteiger partial charge is 0.306 e. The van der Waals surface area contributed by atoms with Gasteiger partial charge in [0.1, 0.15) is 13.2 Å². The number of esters is 3. The highest BCUT2D eigenvalue weighted by Crippen LogP contribution is 2.18. The van der Waals surface area contributed by atoms with Crippen LogP contribution < -0.4 is 0 Å². The lowest BCUT2D eigenvalue weighted by Crippen LogP contribution is -2.30. The van der Waals surface area contributed by atoms with Crippen molar-refractivity contribution in [2.75, 3.05) is 13.2 Å². The van der Waals surface area contributed by atoms with E-state index in [-0.39, 0.29) is 31.1 Å². The number of ether oxygens (including phenoxy) is 3. The first-order chi connectivity index (χ1) is 29.7. The van der Waals surface area contributed by atoms with Crippen LogP contribution in [0.3, 0.4) is 0 Å². The molecule has 0 aromatic rings.